The molecule has 0 spiro atoms. The normalized spacial score (nSPS) is 11.4. The van der Waals surface area contributed by atoms with E-state index < -0.39 is 0 Å². The van der Waals surface area contributed by atoms with Gasteiger partial charge in [-0.05, 0) is 31.4 Å². The second kappa shape index (κ2) is 5.38. The topological polar surface area (TPSA) is 17.1 Å². The number of carbonyl (C=O) groups is 1. The summed E-state index contributed by atoms with van der Waals surface area (Å²) in [7, 11) is 0. The van der Waals surface area contributed by atoms with E-state index in [-0.39, 0.29) is 0 Å². The van der Waals surface area contributed by atoms with Gasteiger partial charge in [0, 0.05) is 6.42 Å². The molecule has 0 bridgehead atoms. The Morgan fingerprint density at radius 3 is 2.43 bits per heavy atom. The molecule has 1 rings (SSSR count). The van der Waals surface area contributed by atoms with Crippen molar-refractivity contribution in [3.05, 3.63) is 41.5 Å². The van der Waals surface area contributed by atoms with E-state index in [4.69, 9.17) is 0 Å². The minimum atomic E-state index is 0.614. The van der Waals surface area contributed by atoms with Gasteiger partial charge in [0.05, 0.1) is 0 Å². The third-order valence-electron chi connectivity index (χ3n) is 2.24. The summed E-state index contributed by atoms with van der Waals surface area (Å²) in [6, 6.07) is 8.43. The molecular formula is C13H16O. The highest BCUT2D eigenvalue weighted by Gasteiger charge is 1.93. The quantitative estimate of drug-likeness (QED) is 0.523. The number of carbonyl (C=O) groups excluding carboxylic acids is 1. The number of allylic oxidation sites excluding steroid dienone is 2. The summed E-state index contributed by atoms with van der Waals surface area (Å²) in [6.45, 7) is 4.16. The summed E-state index contributed by atoms with van der Waals surface area (Å²) in [4.78, 5) is 10.1. The van der Waals surface area contributed by atoms with Crippen molar-refractivity contribution in [3.8, 4) is 0 Å². The van der Waals surface area contributed by atoms with Crippen molar-refractivity contribution in [3.63, 3.8) is 0 Å². The molecular weight excluding hydrogens is 172 g/mol. The number of aryl methyl sites for hydroxylation is 1. The summed E-state index contributed by atoms with van der Waals surface area (Å²) in [5.74, 6) is 0. The molecule has 0 fully saturated rings. The summed E-state index contributed by atoms with van der Waals surface area (Å²) < 4.78 is 0. The van der Waals surface area contributed by atoms with E-state index in [9.17, 15) is 4.79 Å². The van der Waals surface area contributed by atoms with E-state index in [1.807, 2.05) is 0 Å². The first-order valence-electron chi connectivity index (χ1n) is 4.91. The smallest absolute Gasteiger partial charge is 0.120 e. The van der Waals surface area contributed by atoms with Crippen LogP contribution in [-0.4, -0.2) is 6.29 Å². The van der Waals surface area contributed by atoms with Crippen LogP contribution in [0.4, 0.5) is 0 Å². The van der Waals surface area contributed by atoms with Crippen LogP contribution in [0.25, 0.3) is 5.57 Å². The zero-order valence-electron chi connectivity index (χ0n) is 8.79. The maximum atomic E-state index is 10.1. The number of hydrogen-bond donors (Lipinski definition) is 0. The zero-order valence-corrected chi connectivity index (χ0v) is 8.79. The first-order chi connectivity index (χ1) is 6.74. The Morgan fingerprint density at radius 2 is 1.86 bits per heavy atom. The molecule has 0 atom stereocenters. The van der Waals surface area contributed by atoms with E-state index in [2.05, 4.69) is 44.2 Å². The molecule has 0 N–H and O–H groups in total. The number of rotatable bonds is 4. The lowest BCUT2D eigenvalue weighted by Crippen LogP contribution is -1.81. The van der Waals surface area contributed by atoms with E-state index in [1.54, 1.807) is 0 Å². The molecule has 0 aromatic heterocycles. The van der Waals surface area contributed by atoms with Crippen LogP contribution in [0, 0.1) is 6.92 Å². The zero-order chi connectivity index (χ0) is 10.4. The van der Waals surface area contributed by atoms with Gasteiger partial charge >= 0.3 is 0 Å². The number of hydrogen-bond acceptors (Lipinski definition) is 1. The van der Waals surface area contributed by atoms with Gasteiger partial charge < -0.3 is 4.79 Å². The first kappa shape index (κ1) is 10.7. The molecule has 1 nitrogen and oxygen atoms in total. The van der Waals surface area contributed by atoms with Gasteiger partial charge in [0.2, 0.25) is 0 Å². The van der Waals surface area contributed by atoms with E-state index in [0.29, 0.717) is 6.42 Å². The third-order valence-corrected chi connectivity index (χ3v) is 2.24. The number of benzene rings is 1. The fourth-order valence-electron chi connectivity index (χ4n) is 1.30. The molecule has 0 amide bonds. The average molecular weight is 188 g/mol. The van der Waals surface area contributed by atoms with Crippen molar-refractivity contribution < 1.29 is 4.79 Å². The minimum Gasteiger partial charge on any atom is -0.303 e. The van der Waals surface area contributed by atoms with Gasteiger partial charge in [0.25, 0.3) is 0 Å². The van der Waals surface area contributed by atoms with Gasteiger partial charge in [0.15, 0.2) is 0 Å². The third kappa shape index (κ3) is 3.17. The van der Waals surface area contributed by atoms with E-state index in [0.717, 1.165) is 12.7 Å². The monoisotopic (exact) mass is 188 g/mol. The Labute approximate surface area is 85.5 Å². The highest BCUT2D eigenvalue weighted by molar-refractivity contribution is 5.64. The highest BCUT2D eigenvalue weighted by atomic mass is 16.1. The van der Waals surface area contributed by atoms with Crippen molar-refractivity contribution >= 4 is 11.9 Å². The number of aldehydes is 1. The van der Waals surface area contributed by atoms with Crippen LogP contribution in [-0.2, 0) is 4.79 Å². The Kier molecular flexibility index (Phi) is 4.11. The largest absolute Gasteiger partial charge is 0.303 e. The molecule has 1 heteroatoms. The molecule has 0 aliphatic carbocycles. The SMILES string of the molecule is C/C(=C/CCC=O)c1ccc(C)cc1. The van der Waals surface area contributed by atoms with Crippen LogP contribution in [0.5, 0.6) is 0 Å². The van der Waals surface area contributed by atoms with Crippen LogP contribution < -0.4 is 0 Å². The van der Waals surface area contributed by atoms with Gasteiger partial charge in [-0.1, -0.05) is 35.9 Å². The lowest BCUT2D eigenvalue weighted by atomic mass is 10.0. The van der Waals surface area contributed by atoms with Crippen molar-refractivity contribution in [2.75, 3.05) is 0 Å². The molecule has 0 aliphatic heterocycles. The van der Waals surface area contributed by atoms with Gasteiger partial charge in [-0.2, -0.15) is 0 Å². The van der Waals surface area contributed by atoms with Crippen LogP contribution >= 0.6 is 0 Å². The average Bonchev–Trinajstić information content (AvgIpc) is 2.19. The Morgan fingerprint density at radius 1 is 1.21 bits per heavy atom. The molecule has 14 heavy (non-hydrogen) atoms. The molecule has 74 valence electrons. The molecule has 1 aromatic carbocycles. The van der Waals surface area contributed by atoms with Crippen LogP contribution in [0.2, 0.25) is 0 Å². The van der Waals surface area contributed by atoms with Crippen LogP contribution in [0.3, 0.4) is 0 Å². The van der Waals surface area contributed by atoms with Crippen molar-refractivity contribution in [1.82, 2.24) is 0 Å². The van der Waals surface area contributed by atoms with E-state index in [1.165, 1.54) is 16.7 Å². The molecule has 0 unspecified atom stereocenters. The maximum Gasteiger partial charge on any atom is 0.120 e. The molecule has 0 aliphatic rings. The van der Waals surface area contributed by atoms with Crippen LogP contribution in [0.15, 0.2) is 30.3 Å². The van der Waals surface area contributed by atoms with Crippen molar-refractivity contribution in [2.24, 2.45) is 0 Å². The highest BCUT2D eigenvalue weighted by Crippen LogP contribution is 2.15. The number of unbranched alkanes of at least 4 members (excludes halogenated alkanes) is 1. The van der Waals surface area contributed by atoms with Crippen LogP contribution in [0.1, 0.15) is 30.9 Å². The summed E-state index contributed by atoms with van der Waals surface area (Å²) in [5, 5.41) is 0. The summed E-state index contributed by atoms with van der Waals surface area (Å²) >= 11 is 0. The van der Waals surface area contributed by atoms with Gasteiger partial charge in [-0.15, -0.1) is 0 Å². The molecule has 0 saturated carbocycles. The Bertz CT molecular complexity index is 320. The predicted octanol–water partition coefficient (Wildman–Crippen LogP) is 3.38. The fourth-order valence-corrected chi connectivity index (χ4v) is 1.30. The fraction of sp³-hybridized carbons (Fsp3) is 0.308. The second-order valence-corrected chi connectivity index (χ2v) is 3.50. The van der Waals surface area contributed by atoms with Crippen molar-refractivity contribution in [1.29, 1.82) is 0 Å². The molecule has 0 radical (unpaired) electrons. The Hall–Kier alpha value is -1.37. The second-order valence-electron chi connectivity index (χ2n) is 3.50. The standard InChI is InChI=1S/C13H16O/c1-11-6-8-13(9-7-11)12(2)5-3-4-10-14/h5-10H,3-4H2,1-2H3/b12-5-. The summed E-state index contributed by atoms with van der Waals surface area (Å²) in [6.07, 6.45) is 4.52. The predicted molar refractivity (Wildman–Crippen MR) is 60.1 cm³/mol. The van der Waals surface area contributed by atoms with E-state index >= 15 is 0 Å². The van der Waals surface area contributed by atoms with Gasteiger partial charge in [-0.25, -0.2) is 0 Å². The van der Waals surface area contributed by atoms with Crippen molar-refractivity contribution in [2.45, 2.75) is 26.7 Å². The first-order valence-corrected chi connectivity index (χ1v) is 4.91. The van der Waals surface area contributed by atoms with Gasteiger partial charge in [-0.3, -0.25) is 0 Å². The molecule has 0 saturated heterocycles. The minimum absolute atomic E-state index is 0.614. The lowest BCUT2D eigenvalue weighted by Gasteiger charge is -2.01. The maximum absolute atomic E-state index is 10.1. The molecule has 1 aromatic rings. The lowest BCUT2D eigenvalue weighted by molar-refractivity contribution is -0.107. The van der Waals surface area contributed by atoms with Gasteiger partial charge in [0.1, 0.15) is 6.29 Å². The summed E-state index contributed by atoms with van der Waals surface area (Å²) in [5.41, 5.74) is 3.75. The molecule has 0 heterocycles. The Balaban J connectivity index is 2.68.